The van der Waals surface area contributed by atoms with Gasteiger partial charge >= 0.3 is 6.18 Å². The van der Waals surface area contributed by atoms with Crippen LogP contribution in [0.4, 0.5) is 13.2 Å². The summed E-state index contributed by atoms with van der Waals surface area (Å²) in [4.78, 5) is 14.7. The van der Waals surface area contributed by atoms with Crippen molar-refractivity contribution in [2.75, 3.05) is 33.9 Å². The van der Waals surface area contributed by atoms with E-state index in [0.717, 1.165) is 6.08 Å². The third kappa shape index (κ3) is 6.68. The number of hydrogen-bond donors (Lipinski definition) is 1. The quantitative estimate of drug-likeness (QED) is 0.663. The molecule has 0 saturated heterocycles. The molecule has 0 spiro atoms. The third-order valence-electron chi connectivity index (χ3n) is 4.17. The van der Waals surface area contributed by atoms with Gasteiger partial charge in [0.1, 0.15) is 18.1 Å². The molecule has 1 N–H and O–H groups in total. The van der Waals surface area contributed by atoms with Crippen molar-refractivity contribution in [3.63, 3.8) is 0 Å². The van der Waals surface area contributed by atoms with Crippen LogP contribution in [0.1, 0.15) is 23.7 Å². The molecule has 1 amide bonds. The second-order valence-corrected chi connectivity index (χ2v) is 7.18. The number of carbonyl (C=O) groups is 1. The van der Waals surface area contributed by atoms with Crippen molar-refractivity contribution in [3.8, 4) is 11.5 Å². The molecule has 1 aromatic carbocycles. The van der Waals surface area contributed by atoms with Crippen LogP contribution in [0.15, 0.2) is 41.1 Å². The van der Waals surface area contributed by atoms with Crippen molar-refractivity contribution >= 4 is 17.5 Å². The molecule has 29 heavy (non-hydrogen) atoms. The first-order valence-corrected chi connectivity index (χ1v) is 9.48. The number of halogens is 4. The number of rotatable bonds is 8. The number of likely N-dealkylation sites (N-methyl/N-ethyl adjacent to an activating group) is 1. The van der Waals surface area contributed by atoms with Gasteiger partial charge in [-0.1, -0.05) is 11.6 Å². The van der Waals surface area contributed by atoms with Gasteiger partial charge in [-0.25, -0.2) is 0 Å². The first-order valence-electron chi connectivity index (χ1n) is 9.10. The molecular weight excluding hydrogens is 409 g/mol. The maximum atomic E-state index is 13.1. The molecule has 5 nitrogen and oxygen atoms in total. The third-order valence-corrected chi connectivity index (χ3v) is 4.56. The van der Waals surface area contributed by atoms with Gasteiger partial charge in [0, 0.05) is 23.7 Å². The van der Waals surface area contributed by atoms with Gasteiger partial charge in [-0.2, -0.15) is 13.2 Å². The molecule has 1 aliphatic carbocycles. The van der Waals surface area contributed by atoms with Crippen LogP contribution in [0, 0.1) is 5.92 Å². The predicted octanol–water partition coefficient (Wildman–Crippen LogP) is 4.34. The Morgan fingerprint density at radius 1 is 1.28 bits per heavy atom. The highest BCUT2D eigenvalue weighted by molar-refractivity contribution is 6.30. The van der Waals surface area contributed by atoms with E-state index in [0.29, 0.717) is 31.3 Å². The monoisotopic (exact) mass is 432 g/mol. The Kier molecular flexibility index (Phi) is 7.98. The van der Waals surface area contributed by atoms with E-state index in [2.05, 4.69) is 5.32 Å². The Morgan fingerprint density at radius 3 is 2.62 bits per heavy atom. The number of nitrogens with zero attached hydrogens (tertiary/aromatic N) is 1. The lowest BCUT2D eigenvalue weighted by Gasteiger charge is -2.24. The number of hydrogen-bond acceptors (Lipinski definition) is 4. The Labute approximate surface area is 173 Å². The molecule has 0 saturated carbocycles. The van der Waals surface area contributed by atoms with Crippen LogP contribution in [0.5, 0.6) is 11.5 Å². The SMILES string of the molecule is CCOc1ccc(OCCN(C)C)c(C(=O)NC2=CC=C(Cl)C(C(F)(F)F)C2)c1. The molecule has 160 valence electrons. The fourth-order valence-electron chi connectivity index (χ4n) is 2.67. The number of ether oxygens (including phenoxy) is 2. The maximum Gasteiger partial charge on any atom is 0.396 e. The van der Waals surface area contributed by atoms with Crippen molar-refractivity contribution in [2.45, 2.75) is 19.5 Å². The standard InChI is InChI=1S/C20H24ClF3N2O3/c1-4-28-14-6-8-18(29-10-9-26(2)3)15(12-14)19(27)25-13-5-7-17(21)16(11-13)20(22,23)24/h5-8,12,16H,4,9-11H2,1-3H3,(H,25,27). The highest BCUT2D eigenvalue weighted by Gasteiger charge is 2.43. The minimum Gasteiger partial charge on any atom is -0.494 e. The molecule has 2 rings (SSSR count). The van der Waals surface area contributed by atoms with E-state index in [1.165, 1.54) is 12.1 Å². The van der Waals surface area contributed by atoms with Gasteiger partial charge in [0.25, 0.3) is 5.91 Å². The molecular formula is C20H24ClF3N2O3. The van der Waals surface area contributed by atoms with Crippen LogP contribution in [-0.2, 0) is 0 Å². The second kappa shape index (κ2) is 10.0. The van der Waals surface area contributed by atoms with Gasteiger partial charge in [0.15, 0.2) is 0 Å². The molecule has 0 fully saturated rings. The zero-order valence-corrected chi connectivity index (χ0v) is 17.2. The highest BCUT2D eigenvalue weighted by Crippen LogP contribution is 2.40. The summed E-state index contributed by atoms with van der Waals surface area (Å²) in [6.45, 7) is 3.19. The Bertz CT molecular complexity index is 792. The van der Waals surface area contributed by atoms with Crippen LogP contribution in [0.3, 0.4) is 0 Å². The van der Waals surface area contributed by atoms with E-state index >= 15 is 0 Å². The van der Waals surface area contributed by atoms with Gasteiger partial charge < -0.3 is 19.7 Å². The lowest BCUT2D eigenvalue weighted by Crippen LogP contribution is -2.31. The van der Waals surface area contributed by atoms with Crippen LogP contribution < -0.4 is 14.8 Å². The maximum absolute atomic E-state index is 13.1. The van der Waals surface area contributed by atoms with E-state index in [9.17, 15) is 18.0 Å². The minimum atomic E-state index is -4.49. The molecule has 0 bridgehead atoms. The lowest BCUT2D eigenvalue weighted by molar-refractivity contribution is -0.162. The summed E-state index contributed by atoms with van der Waals surface area (Å²) in [6, 6.07) is 4.80. The smallest absolute Gasteiger partial charge is 0.396 e. The molecule has 1 aliphatic rings. The highest BCUT2D eigenvalue weighted by atomic mass is 35.5. The summed E-state index contributed by atoms with van der Waals surface area (Å²) in [6.07, 6.45) is -2.40. The van der Waals surface area contributed by atoms with Crippen molar-refractivity contribution in [1.82, 2.24) is 10.2 Å². The lowest BCUT2D eigenvalue weighted by atomic mass is 9.97. The Morgan fingerprint density at radius 2 is 2.00 bits per heavy atom. The van der Waals surface area contributed by atoms with E-state index in [1.807, 2.05) is 19.0 Å². The number of amides is 1. The Hall–Kier alpha value is -2.19. The van der Waals surface area contributed by atoms with Crippen molar-refractivity contribution in [3.05, 3.63) is 46.6 Å². The van der Waals surface area contributed by atoms with Crippen LogP contribution in [0.25, 0.3) is 0 Å². The first kappa shape index (κ1) is 23.1. The average molecular weight is 433 g/mol. The number of nitrogens with one attached hydrogen (secondary N) is 1. The summed E-state index contributed by atoms with van der Waals surface area (Å²) in [7, 11) is 3.78. The topological polar surface area (TPSA) is 50.8 Å². The zero-order valence-electron chi connectivity index (χ0n) is 16.5. The molecule has 0 aliphatic heterocycles. The number of benzene rings is 1. The van der Waals surface area contributed by atoms with Crippen molar-refractivity contribution < 1.29 is 27.4 Å². The second-order valence-electron chi connectivity index (χ2n) is 6.74. The van der Waals surface area contributed by atoms with Crippen molar-refractivity contribution in [1.29, 1.82) is 0 Å². The number of allylic oxidation sites excluding steroid dienone is 4. The minimum absolute atomic E-state index is 0.128. The molecule has 1 unspecified atom stereocenters. The Balaban J connectivity index is 2.20. The van der Waals surface area contributed by atoms with E-state index in [4.69, 9.17) is 21.1 Å². The van der Waals surface area contributed by atoms with Gasteiger partial charge in [-0.15, -0.1) is 0 Å². The average Bonchev–Trinajstić information content (AvgIpc) is 2.63. The fourth-order valence-corrected chi connectivity index (χ4v) is 2.93. The fraction of sp³-hybridized carbons (Fsp3) is 0.450. The zero-order chi connectivity index (χ0) is 21.6. The molecule has 0 aromatic heterocycles. The summed E-state index contributed by atoms with van der Waals surface area (Å²) in [5, 5.41) is 2.24. The van der Waals surface area contributed by atoms with Gasteiger partial charge in [-0.3, -0.25) is 4.79 Å². The predicted molar refractivity (Wildman–Crippen MR) is 105 cm³/mol. The van der Waals surface area contributed by atoms with E-state index in [1.54, 1.807) is 19.1 Å². The summed E-state index contributed by atoms with van der Waals surface area (Å²) in [5.41, 5.74) is 0.308. The number of carbonyl (C=O) groups excluding carboxylic acids is 1. The van der Waals surface area contributed by atoms with E-state index < -0.39 is 24.4 Å². The van der Waals surface area contributed by atoms with Crippen LogP contribution in [0.2, 0.25) is 0 Å². The van der Waals surface area contributed by atoms with E-state index in [-0.39, 0.29) is 16.3 Å². The summed E-state index contributed by atoms with van der Waals surface area (Å²) in [5.74, 6) is -1.63. The van der Waals surface area contributed by atoms with Gasteiger partial charge in [-0.05, 0) is 51.4 Å². The number of alkyl halides is 3. The van der Waals surface area contributed by atoms with Gasteiger partial charge in [0.05, 0.1) is 18.1 Å². The molecule has 0 heterocycles. The van der Waals surface area contributed by atoms with Crippen LogP contribution >= 0.6 is 11.6 Å². The first-order chi connectivity index (χ1) is 13.6. The molecule has 9 heteroatoms. The van der Waals surface area contributed by atoms with Gasteiger partial charge in [0.2, 0.25) is 0 Å². The largest absolute Gasteiger partial charge is 0.494 e. The summed E-state index contributed by atoms with van der Waals surface area (Å²) < 4.78 is 50.5. The molecule has 1 aromatic rings. The summed E-state index contributed by atoms with van der Waals surface area (Å²) >= 11 is 5.69. The normalized spacial score (nSPS) is 16.9. The molecule has 0 radical (unpaired) electrons. The van der Waals surface area contributed by atoms with Crippen molar-refractivity contribution in [2.24, 2.45) is 5.92 Å². The molecule has 1 atom stereocenters. The van der Waals surface area contributed by atoms with Crippen LogP contribution in [-0.4, -0.2) is 50.8 Å².